The molecule has 3 rings (SSSR count). The van der Waals surface area contributed by atoms with Gasteiger partial charge in [0.2, 0.25) is 0 Å². The number of thiophene rings is 1. The van der Waals surface area contributed by atoms with E-state index >= 15 is 0 Å². The van der Waals surface area contributed by atoms with Crippen LogP contribution in [0.1, 0.15) is 30.1 Å². The molecule has 0 atom stereocenters. The molecule has 7 heteroatoms. The van der Waals surface area contributed by atoms with Gasteiger partial charge in [0, 0.05) is 4.88 Å². The maximum atomic E-state index is 12.3. The normalized spacial score (nSPS) is 14.7. The molecule has 1 aliphatic rings. The first kappa shape index (κ1) is 19.5. The van der Waals surface area contributed by atoms with Gasteiger partial charge >= 0.3 is 5.97 Å². The molecule has 0 radical (unpaired) electrons. The first-order valence-electron chi connectivity index (χ1n) is 9.16. The summed E-state index contributed by atoms with van der Waals surface area (Å²) in [5.74, 6) is -0.703. The smallest absolute Gasteiger partial charge is 0.341 e. The van der Waals surface area contributed by atoms with Crippen LogP contribution in [0.5, 0.6) is 0 Å². The van der Waals surface area contributed by atoms with Gasteiger partial charge in [-0.3, -0.25) is 4.79 Å². The van der Waals surface area contributed by atoms with Crippen molar-refractivity contribution in [1.82, 2.24) is 5.32 Å². The van der Waals surface area contributed by atoms with Crippen LogP contribution in [0.2, 0.25) is 0 Å². The predicted octanol–water partition coefficient (Wildman–Crippen LogP) is 3.30. The number of hydrogen-bond acceptors (Lipinski definition) is 6. The molecule has 0 unspecified atom stereocenters. The van der Waals surface area contributed by atoms with Crippen molar-refractivity contribution in [2.24, 2.45) is 0 Å². The molecular formula is C20H24N2O4S. The Kier molecular flexibility index (Phi) is 6.98. The van der Waals surface area contributed by atoms with E-state index in [1.807, 2.05) is 30.3 Å². The zero-order chi connectivity index (χ0) is 19.1. The summed E-state index contributed by atoms with van der Waals surface area (Å²) >= 11 is 1.36. The number of benzene rings is 1. The maximum Gasteiger partial charge on any atom is 0.341 e. The summed E-state index contributed by atoms with van der Waals surface area (Å²) in [7, 11) is 0. The van der Waals surface area contributed by atoms with Gasteiger partial charge < -0.3 is 20.1 Å². The van der Waals surface area contributed by atoms with E-state index in [-0.39, 0.29) is 25.2 Å². The van der Waals surface area contributed by atoms with E-state index in [2.05, 4.69) is 10.6 Å². The Morgan fingerprint density at radius 1 is 1.22 bits per heavy atom. The predicted molar refractivity (Wildman–Crippen MR) is 106 cm³/mol. The highest BCUT2D eigenvalue weighted by atomic mass is 32.1. The van der Waals surface area contributed by atoms with E-state index in [4.69, 9.17) is 9.47 Å². The lowest BCUT2D eigenvalue weighted by atomic mass is 10.1. The van der Waals surface area contributed by atoms with Gasteiger partial charge in [0.25, 0.3) is 5.91 Å². The number of carbonyl (C=O) groups is 2. The molecule has 1 amide bonds. The average Bonchev–Trinajstić information content (AvgIpc) is 3.12. The fraction of sp³-hybridized carbons (Fsp3) is 0.400. The molecule has 0 aliphatic carbocycles. The summed E-state index contributed by atoms with van der Waals surface area (Å²) in [5.41, 5.74) is 1.36. The Hall–Kier alpha value is -2.22. The van der Waals surface area contributed by atoms with E-state index in [1.165, 1.54) is 11.3 Å². The molecule has 1 aromatic heterocycles. The highest BCUT2D eigenvalue weighted by molar-refractivity contribution is 7.20. The lowest BCUT2D eigenvalue weighted by Gasteiger charge is -2.22. The van der Waals surface area contributed by atoms with Crippen LogP contribution in [-0.2, 0) is 14.3 Å². The third-order valence-corrected chi connectivity index (χ3v) is 5.37. The highest BCUT2D eigenvalue weighted by Gasteiger charge is 2.21. The number of ether oxygens (including phenoxy) is 2. The molecule has 2 N–H and O–H groups in total. The van der Waals surface area contributed by atoms with E-state index < -0.39 is 5.97 Å². The summed E-state index contributed by atoms with van der Waals surface area (Å²) in [4.78, 5) is 25.5. The molecule has 0 saturated carbocycles. The highest BCUT2D eigenvalue weighted by Crippen LogP contribution is 2.35. The topological polar surface area (TPSA) is 76.7 Å². The number of nitrogens with one attached hydrogen (secondary N) is 2. The van der Waals surface area contributed by atoms with Gasteiger partial charge in [-0.2, -0.15) is 0 Å². The first-order chi connectivity index (χ1) is 13.2. The molecule has 2 heterocycles. The fourth-order valence-electron chi connectivity index (χ4n) is 2.91. The van der Waals surface area contributed by atoms with Crippen LogP contribution >= 0.6 is 11.3 Å². The average molecular weight is 388 g/mol. The molecule has 144 valence electrons. The molecule has 2 aromatic rings. The van der Waals surface area contributed by atoms with Crippen LogP contribution in [0.3, 0.4) is 0 Å². The summed E-state index contributed by atoms with van der Waals surface area (Å²) in [6.45, 7) is 3.83. The lowest BCUT2D eigenvalue weighted by molar-refractivity contribution is -0.123. The number of amides is 1. The SMILES string of the molecule is CCOC(=O)c1cc(-c2ccccc2)sc1NC(=O)COC1CCNCC1. The molecule has 6 nitrogen and oxygen atoms in total. The second-order valence-electron chi connectivity index (χ2n) is 6.25. The summed E-state index contributed by atoms with van der Waals surface area (Å²) < 4.78 is 10.8. The van der Waals surface area contributed by atoms with Gasteiger partial charge in [-0.25, -0.2) is 4.79 Å². The van der Waals surface area contributed by atoms with Crippen molar-refractivity contribution >= 4 is 28.2 Å². The van der Waals surface area contributed by atoms with Crippen LogP contribution in [0.25, 0.3) is 10.4 Å². The van der Waals surface area contributed by atoms with Gasteiger partial charge in [0.1, 0.15) is 11.6 Å². The molecule has 1 fully saturated rings. The quantitative estimate of drug-likeness (QED) is 0.712. The Morgan fingerprint density at radius 2 is 1.96 bits per heavy atom. The number of piperidine rings is 1. The van der Waals surface area contributed by atoms with Gasteiger partial charge in [-0.1, -0.05) is 30.3 Å². The van der Waals surface area contributed by atoms with Gasteiger partial charge in [-0.05, 0) is 44.5 Å². The van der Waals surface area contributed by atoms with Crippen LogP contribution in [0.4, 0.5) is 5.00 Å². The number of carbonyl (C=O) groups excluding carboxylic acids is 2. The summed E-state index contributed by atoms with van der Waals surface area (Å²) in [6, 6.07) is 11.5. The fourth-order valence-corrected chi connectivity index (χ4v) is 3.98. The van der Waals surface area contributed by atoms with Gasteiger partial charge in [0.15, 0.2) is 0 Å². The molecule has 1 aromatic carbocycles. The van der Waals surface area contributed by atoms with Crippen molar-refractivity contribution in [2.45, 2.75) is 25.9 Å². The summed E-state index contributed by atoms with van der Waals surface area (Å²) in [6.07, 6.45) is 1.90. The van der Waals surface area contributed by atoms with E-state index in [0.29, 0.717) is 10.6 Å². The van der Waals surface area contributed by atoms with E-state index in [1.54, 1.807) is 13.0 Å². The Labute approximate surface area is 162 Å². The minimum atomic E-state index is -0.439. The number of rotatable bonds is 7. The zero-order valence-corrected chi connectivity index (χ0v) is 16.1. The van der Waals surface area contributed by atoms with E-state index in [0.717, 1.165) is 36.4 Å². The van der Waals surface area contributed by atoms with Crippen LogP contribution in [0, 0.1) is 0 Å². The molecule has 0 spiro atoms. The molecule has 27 heavy (non-hydrogen) atoms. The second-order valence-corrected chi connectivity index (χ2v) is 7.30. The Balaban J connectivity index is 1.71. The van der Waals surface area contributed by atoms with Crippen molar-refractivity contribution < 1.29 is 19.1 Å². The number of esters is 1. The van der Waals surface area contributed by atoms with Crippen molar-refractivity contribution in [1.29, 1.82) is 0 Å². The third-order valence-electron chi connectivity index (χ3n) is 4.27. The number of anilines is 1. The maximum absolute atomic E-state index is 12.3. The number of hydrogen-bond donors (Lipinski definition) is 2. The van der Waals surface area contributed by atoms with Crippen molar-refractivity contribution in [3.63, 3.8) is 0 Å². The van der Waals surface area contributed by atoms with Crippen LogP contribution < -0.4 is 10.6 Å². The van der Waals surface area contributed by atoms with Gasteiger partial charge in [0.05, 0.1) is 18.3 Å². The van der Waals surface area contributed by atoms with Crippen LogP contribution in [-0.4, -0.2) is 44.3 Å². The molecule has 1 aliphatic heterocycles. The standard InChI is InChI=1S/C20H24N2O4S/c1-2-25-20(24)16-12-17(14-6-4-3-5-7-14)27-19(16)22-18(23)13-26-15-8-10-21-11-9-15/h3-7,12,15,21H,2,8-11,13H2,1H3,(H,22,23). The first-order valence-corrected chi connectivity index (χ1v) is 9.97. The third kappa shape index (κ3) is 5.38. The van der Waals surface area contributed by atoms with Gasteiger partial charge in [-0.15, -0.1) is 11.3 Å². The molecule has 1 saturated heterocycles. The van der Waals surface area contributed by atoms with Crippen molar-refractivity contribution in [3.8, 4) is 10.4 Å². The van der Waals surface area contributed by atoms with E-state index in [9.17, 15) is 9.59 Å². The van der Waals surface area contributed by atoms with Crippen molar-refractivity contribution in [3.05, 3.63) is 42.0 Å². The Morgan fingerprint density at radius 3 is 2.67 bits per heavy atom. The zero-order valence-electron chi connectivity index (χ0n) is 15.3. The molecule has 0 bridgehead atoms. The van der Waals surface area contributed by atoms with Crippen molar-refractivity contribution in [2.75, 3.05) is 31.6 Å². The molecular weight excluding hydrogens is 364 g/mol. The lowest BCUT2D eigenvalue weighted by Crippen LogP contribution is -2.34. The monoisotopic (exact) mass is 388 g/mol. The van der Waals surface area contributed by atoms with Crippen LogP contribution in [0.15, 0.2) is 36.4 Å². The summed E-state index contributed by atoms with van der Waals surface area (Å²) in [5, 5.41) is 6.57. The minimum Gasteiger partial charge on any atom is -0.462 e. The second kappa shape index (κ2) is 9.64. The Bertz CT molecular complexity index is 770. The largest absolute Gasteiger partial charge is 0.462 e. The minimum absolute atomic E-state index is 0.0223.